The van der Waals surface area contributed by atoms with Crippen LogP contribution in [0, 0.1) is 11.6 Å². The molecule has 32 heavy (non-hydrogen) atoms. The zero-order chi connectivity index (χ0) is 23.6. The van der Waals surface area contributed by atoms with Crippen LogP contribution in [0.4, 0.5) is 19.3 Å². The summed E-state index contributed by atoms with van der Waals surface area (Å²) in [5, 5.41) is 5.17. The van der Waals surface area contributed by atoms with E-state index >= 15 is 0 Å². The Hall–Kier alpha value is -3.53. The maximum absolute atomic E-state index is 14.2. The number of carbonyl (C=O) groups is 4. The Balaban J connectivity index is 1.67. The third kappa shape index (κ3) is 4.54. The van der Waals surface area contributed by atoms with Gasteiger partial charge in [-0.15, -0.1) is 0 Å². The first-order chi connectivity index (χ1) is 15.0. The van der Waals surface area contributed by atoms with Gasteiger partial charge in [0.05, 0.1) is 17.3 Å². The van der Waals surface area contributed by atoms with Crippen LogP contribution in [-0.2, 0) is 19.9 Å². The van der Waals surface area contributed by atoms with E-state index < -0.39 is 47.5 Å². The lowest BCUT2D eigenvalue weighted by atomic mass is 9.91. The summed E-state index contributed by atoms with van der Waals surface area (Å²) in [6, 6.07) is 8.13. The molecule has 5 amide bonds. The Labute approximate surface area is 187 Å². The highest BCUT2D eigenvalue weighted by atomic mass is 35.5. The highest BCUT2D eigenvalue weighted by Crippen LogP contribution is 2.31. The molecule has 2 aromatic carbocycles. The van der Waals surface area contributed by atoms with Gasteiger partial charge in [-0.05, 0) is 37.3 Å². The van der Waals surface area contributed by atoms with Crippen LogP contribution < -0.4 is 10.6 Å². The lowest BCUT2D eigenvalue weighted by Crippen LogP contribution is -2.45. The van der Waals surface area contributed by atoms with E-state index in [1.165, 1.54) is 14.0 Å². The normalized spacial score (nSPS) is 17.8. The second-order valence-corrected chi connectivity index (χ2v) is 7.76. The molecule has 0 bridgehead atoms. The molecule has 2 N–H and O–H groups in total. The Bertz CT molecular complexity index is 1110. The molecule has 8 nitrogen and oxygen atoms in total. The largest absolute Gasteiger partial charge is 0.335 e. The van der Waals surface area contributed by atoms with Gasteiger partial charge in [0.2, 0.25) is 11.8 Å². The van der Waals surface area contributed by atoms with Gasteiger partial charge in [-0.3, -0.25) is 19.3 Å². The lowest BCUT2D eigenvalue weighted by Gasteiger charge is -2.23. The van der Waals surface area contributed by atoms with Crippen molar-refractivity contribution in [3.63, 3.8) is 0 Å². The van der Waals surface area contributed by atoms with Gasteiger partial charge in [-0.1, -0.05) is 23.7 Å². The number of imide groups is 1. The van der Waals surface area contributed by atoms with Gasteiger partial charge in [-0.2, -0.15) is 0 Å². The number of nitrogens with one attached hydrogen (secondary N) is 2. The maximum atomic E-state index is 14.2. The van der Waals surface area contributed by atoms with Gasteiger partial charge >= 0.3 is 6.03 Å². The average molecular weight is 465 g/mol. The fraction of sp³-hybridized carbons (Fsp3) is 0.238. The van der Waals surface area contributed by atoms with Crippen LogP contribution in [-0.4, -0.2) is 53.7 Å². The molecule has 0 aliphatic carbocycles. The molecule has 0 aromatic heterocycles. The standard InChI is InChI=1S/C21H19ClF2N4O4/c1-21(13-9-12(23)7-8-15(13)24)19(31)28(20(32)26-21)11-18(30)27(2)10-17(29)25-16-6-4-3-5-14(16)22/h3-9H,10-11H2,1-2H3,(H,25,29)(H,26,32)/t21-/m0/s1. The van der Waals surface area contributed by atoms with E-state index in [2.05, 4.69) is 10.6 Å². The van der Waals surface area contributed by atoms with E-state index in [4.69, 9.17) is 11.6 Å². The highest BCUT2D eigenvalue weighted by molar-refractivity contribution is 6.33. The van der Waals surface area contributed by atoms with E-state index in [1.54, 1.807) is 24.3 Å². The molecule has 1 saturated heterocycles. The zero-order valence-electron chi connectivity index (χ0n) is 17.1. The smallest absolute Gasteiger partial charge is 0.325 e. The van der Waals surface area contributed by atoms with Gasteiger partial charge in [0, 0.05) is 12.6 Å². The summed E-state index contributed by atoms with van der Waals surface area (Å²) in [4.78, 5) is 51.5. The number of halogens is 3. The van der Waals surface area contributed by atoms with E-state index in [9.17, 15) is 28.0 Å². The van der Waals surface area contributed by atoms with Crippen molar-refractivity contribution in [1.82, 2.24) is 15.1 Å². The molecule has 1 atom stereocenters. The van der Waals surface area contributed by atoms with Crippen LogP contribution in [0.5, 0.6) is 0 Å². The topological polar surface area (TPSA) is 98.8 Å². The molecule has 168 valence electrons. The fourth-order valence-electron chi connectivity index (χ4n) is 3.22. The van der Waals surface area contributed by atoms with Crippen molar-refractivity contribution in [2.75, 3.05) is 25.5 Å². The predicted octanol–water partition coefficient (Wildman–Crippen LogP) is 2.48. The van der Waals surface area contributed by atoms with Crippen LogP contribution in [0.25, 0.3) is 0 Å². The van der Waals surface area contributed by atoms with Crippen molar-refractivity contribution in [2.24, 2.45) is 0 Å². The van der Waals surface area contributed by atoms with Crippen molar-refractivity contribution in [3.05, 3.63) is 64.7 Å². The molecule has 0 radical (unpaired) electrons. The van der Waals surface area contributed by atoms with Crippen molar-refractivity contribution >= 4 is 41.0 Å². The first-order valence-corrected chi connectivity index (χ1v) is 9.78. The Morgan fingerprint density at radius 2 is 1.88 bits per heavy atom. The number of anilines is 1. The van der Waals surface area contributed by atoms with E-state index in [0.29, 0.717) is 15.6 Å². The molecule has 1 heterocycles. The minimum absolute atomic E-state index is 0.318. The van der Waals surface area contributed by atoms with Gasteiger partial charge < -0.3 is 15.5 Å². The first kappa shape index (κ1) is 23.1. The number of benzene rings is 2. The first-order valence-electron chi connectivity index (χ1n) is 9.41. The third-order valence-corrected chi connectivity index (χ3v) is 5.32. The van der Waals surface area contributed by atoms with Gasteiger partial charge in [0.15, 0.2) is 0 Å². The van der Waals surface area contributed by atoms with Gasteiger partial charge in [0.25, 0.3) is 5.91 Å². The fourth-order valence-corrected chi connectivity index (χ4v) is 3.40. The summed E-state index contributed by atoms with van der Waals surface area (Å²) in [6.45, 7) is 0.160. The van der Waals surface area contributed by atoms with Crippen LogP contribution in [0.3, 0.4) is 0 Å². The highest BCUT2D eigenvalue weighted by Gasteiger charge is 2.51. The van der Waals surface area contributed by atoms with Crippen LogP contribution in [0.15, 0.2) is 42.5 Å². The van der Waals surface area contributed by atoms with Gasteiger partial charge in [0.1, 0.15) is 23.7 Å². The number of rotatable bonds is 6. The predicted molar refractivity (Wildman–Crippen MR) is 112 cm³/mol. The molecule has 0 saturated carbocycles. The number of urea groups is 1. The second-order valence-electron chi connectivity index (χ2n) is 7.35. The van der Waals surface area contributed by atoms with Crippen molar-refractivity contribution in [3.8, 4) is 0 Å². The summed E-state index contributed by atoms with van der Waals surface area (Å²) in [7, 11) is 1.32. The molecule has 0 unspecified atom stereocenters. The lowest BCUT2D eigenvalue weighted by molar-refractivity contribution is -0.139. The van der Waals surface area contributed by atoms with E-state index in [1.807, 2.05) is 0 Å². The second kappa shape index (κ2) is 8.91. The van der Waals surface area contributed by atoms with Crippen molar-refractivity contribution in [1.29, 1.82) is 0 Å². The molecular formula is C21H19ClF2N4O4. The quantitative estimate of drug-likeness (QED) is 0.642. The molecule has 1 aliphatic rings. The average Bonchev–Trinajstić information content (AvgIpc) is 2.95. The van der Waals surface area contributed by atoms with E-state index in [-0.39, 0.29) is 12.1 Å². The van der Waals surface area contributed by atoms with Crippen LogP contribution in [0.1, 0.15) is 12.5 Å². The monoisotopic (exact) mass is 464 g/mol. The maximum Gasteiger partial charge on any atom is 0.325 e. The number of likely N-dealkylation sites (N-methyl/N-ethyl adjacent to an activating group) is 1. The molecule has 11 heteroatoms. The van der Waals surface area contributed by atoms with Crippen LogP contribution >= 0.6 is 11.6 Å². The molecular weight excluding hydrogens is 446 g/mol. The Morgan fingerprint density at radius 1 is 1.19 bits per heavy atom. The summed E-state index contributed by atoms with van der Waals surface area (Å²) < 4.78 is 27.8. The number of nitrogens with zero attached hydrogens (tertiary/aromatic N) is 2. The molecule has 3 rings (SSSR count). The summed E-state index contributed by atoms with van der Waals surface area (Å²) in [5.41, 5.74) is -1.89. The number of para-hydroxylation sites is 1. The number of carbonyl (C=O) groups excluding carboxylic acids is 4. The summed E-state index contributed by atoms with van der Waals surface area (Å²) in [6.07, 6.45) is 0. The van der Waals surface area contributed by atoms with Crippen molar-refractivity contribution < 1.29 is 28.0 Å². The van der Waals surface area contributed by atoms with Crippen LogP contribution in [0.2, 0.25) is 5.02 Å². The molecule has 1 aliphatic heterocycles. The number of amides is 5. The summed E-state index contributed by atoms with van der Waals surface area (Å²) in [5.74, 6) is -3.86. The van der Waals surface area contributed by atoms with Crippen molar-refractivity contribution in [2.45, 2.75) is 12.5 Å². The SMILES string of the molecule is CN(CC(=O)Nc1ccccc1Cl)C(=O)CN1C(=O)N[C@@](C)(c2cc(F)ccc2F)C1=O. The third-order valence-electron chi connectivity index (χ3n) is 4.99. The van der Waals surface area contributed by atoms with Gasteiger partial charge in [-0.25, -0.2) is 13.6 Å². The van der Waals surface area contributed by atoms with E-state index in [0.717, 1.165) is 23.1 Å². The number of hydrogen-bond acceptors (Lipinski definition) is 4. The Morgan fingerprint density at radius 3 is 2.56 bits per heavy atom. The Kier molecular flexibility index (Phi) is 6.45. The minimum Gasteiger partial charge on any atom is -0.335 e. The number of hydrogen-bond donors (Lipinski definition) is 2. The molecule has 0 spiro atoms. The summed E-state index contributed by atoms with van der Waals surface area (Å²) >= 11 is 5.98. The molecule has 1 fully saturated rings. The zero-order valence-corrected chi connectivity index (χ0v) is 17.9. The molecule has 2 aromatic rings. The minimum atomic E-state index is -1.89.